The largest absolute Gasteiger partial charge is 0.371 e. The van der Waals surface area contributed by atoms with E-state index >= 15 is 0 Å². The fourth-order valence-electron chi connectivity index (χ4n) is 0.951. The molecule has 0 aromatic heterocycles. The molecular weight excluding hydrogens is 202 g/mol. The fourth-order valence-corrected chi connectivity index (χ4v) is 2.45. The SMILES string of the molecule is C=C(C)C[C@@H](C(=S)N(C)C)S(C)=O. The summed E-state index contributed by atoms with van der Waals surface area (Å²) in [5.74, 6) is 0. The molecule has 76 valence electrons. The highest BCUT2D eigenvalue weighted by atomic mass is 32.2. The zero-order valence-corrected chi connectivity index (χ0v) is 10.3. The number of hydrogen-bond acceptors (Lipinski definition) is 2. The summed E-state index contributed by atoms with van der Waals surface area (Å²) in [5, 5.41) is -0.0671. The molecule has 0 aromatic carbocycles. The van der Waals surface area contributed by atoms with E-state index < -0.39 is 10.8 Å². The summed E-state index contributed by atoms with van der Waals surface area (Å²) in [6, 6.07) is 0. The normalized spacial score (nSPS) is 14.8. The molecule has 0 rings (SSSR count). The Hall–Kier alpha value is -0.220. The van der Waals surface area contributed by atoms with Gasteiger partial charge in [-0.05, 0) is 13.3 Å². The Bertz CT molecular complexity index is 236. The highest BCUT2D eigenvalue weighted by Crippen LogP contribution is 2.11. The third-order valence-corrected chi connectivity index (χ3v) is 3.64. The van der Waals surface area contributed by atoms with Gasteiger partial charge in [0.05, 0.1) is 10.2 Å². The lowest BCUT2D eigenvalue weighted by Gasteiger charge is -2.21. The smallest absolute Gasteiger partial charge is 0.0935 e. The van der Waals surface area contributed by atoms with E-state index in [2.05, 4.69) is 6.58 Å². The topological polar surface area (TPSA) is 20.3 Å². The van der Waals surface area contributed by atoms with E-state index in [9.17, 15) is 4.21 Å². The molecule has 0 spiro atoms. The van der Waals surface area contributed by atoms with Gasteiger partial charge in [-0.3, -0.25) is 4.21 Å². The summed E-state index contributed by atoms with van der Waals surface area (Å²) in [5.41, 5.74) is 1.02. The van der Waals surface area contributed by atoms with Crippen molar-refractivity contribution in [2.75, 3.05) is 20.4 Å². The molecule has 0 radical (unpaired) electrons. The van der Waals surface area contributed by atoms with Crippen LogP contribution in [0, 0.1) is 0 Å². The standard InChI is InChI=1S/C9H17NOS2/c1-7(2)6-8(13(5)11)9(12)10(3)4/h8H,1,6H2,2-5H3/t8-,13?/m0/s1. The maximum atomic E-state index is 11.4. The molecule has 0 N–H and O–H groups in total. The first-order chi connectivity index (χ1) is 5.86. The van der Waals surface area contributed by atoms with Crippen LogP contribution in [-0.2, 0) is 10.8 Å². The number of thiocarbonyl (C=S) groups is 1. The summed E-state index contributed by atoms with van der Waals surface area (Å²) >= 11 is 5.19. The first kappa shape index (κ1) is 12.8. The van der Waals surface area contributed by atoms with Crippen molar-refractivity contribution >= 4 is 28.0 Å². The van der Waals surface area contributed by atoms with E-state index in [0.717, 1.165) is 10.6 Å². The van der Waals surface area contributed by atoms with Crippen molar-refractivity contribution in [3.63, 3.8) is 0 Å². The van der Waals surface area contributed by atoms with E-state index in [1.54, 1.807) is 6.26 Å². The number of nitrogens with zero attached hydrogens (tertiary/aromatic N) is 1. The zero-order valence-electron chi connectivity index (χ0n) is 8.66. The van der Waals surface area contributed by atoms with Gasteiger partial charge < -0.3 is 4.90 Å². The molecule has 0 saturated carbocycles. The summed E-state index contributed by atoms with van der Waals surface area (Å²) < 4.78 is 11.4. The van der Waals surface area contributed by atoms with Crippen LogP contribution in [0.25, 0.3) is 0 Å². The van der Waals surface area contributed by atoms with Gasteiger partial charge in [-0.2, -0.15) is 0 Å². The summed E-state index contributed by atoms with van der Waals surface area (Å²) in [4.78, 5) is 2.58. The van der Waals surface area contributed by atoms with Gasteiger partial charge in [-0.15, -0.1) is 6.58 Å². The average molecular weight is 219 g/mol. The number of rotatable bonds is 4. The molecule has 0 aliphatic heterocycles. The van der Waals surface area contributed by atoms with Gasteiger partial charge in [-0.25, -0.2) is 0 Å². The second-order valence-electron chi connectivity index (χ2n) is 3.38. The third kappa shape index (κ3) is 4.52. The van der Waals surface area contributed by atoms with Crippen molar-refractivity contribution in [3.8, 4) is 0 Å². The minimum atomic E-state index is -0.918. The van der Waals surface area contributed by atoms with Gasteiger partial charge >= 0.3 is 0 Å². The van der Waals surface area contributed by atoms with Crippen molar-refractivity contribution in [1.82, 2.24) is 4.90 Å². The lowest BCUT2D eigenvalue weighted by Crippen LogP contribution is -2.34. The minimum absolute atomic E-state index is 0.0671. The van der Waals surface area contributed by atoms with Crippen molar-refractivity contribution in [2.45, 2.75) is 18.6 Å². The maximum absolute atomic E-state index is 11.4. The van der Waals surface area contributed by atoms with Crippen LogP contribution >= 0.6 is 12.2 Å². The Balaban J connectivity index is 4.52. The van der Waals surface area contributed by atoms with E-state index in [4.69, 9.17) is 12.2 Å². The highest BCUT2D eigenvalue weighted by molar-refractivity contribution is 7.89. The monoisotopic (exact) mass is 219 g/mol. The fraction of sp³-hybridized carbons (Fsp3) is 0.667. The van der Waals surface area contributed by atoms with Crippen LogP contribution in [0.5, 0.6) is 0 Å². The lowest BCUT2D eigenvalue weighted by molar-refractivity contribution is 0.613. The molecule has 2 atom stereocenters. The van der Waals surface area contributed by atoms with Crippen molar-refractivity contribution in [3.05, 3.63) is 12.2 Å². The van der Waals surface area contributed by atoms with Crippen molar-refractivity contribution in [1.29, 1.82) is 0 Å². The van der Waals surface area contributed by atoms with Crippen LogP contribution < -0.4 is 0 Å². The van der Waals surface area contributed by atoms with Gasteiger partial charge in [0.2, 0.25) is 0 Å². The predicted octanol–water partition coefficient (Wildman–Crippen LogP) is 1.59. The van der Waals surface area contributed by atoms with Crippen molar-refractivity contribution < 1.29 is 4.21 Å². The second kappa shape index (κ2) is 5.50. The van der Waals surface area contributed by atoms with Gasteiger partial charge in [0.1, 0.15) is 0 Å². The molecule has 0 fully saturated rings. The van der Waals surface area contributed by atoms with Crippen LogP contribution in [0.15, 0.2) is 12.2 Å². The third-order valence-electron chi connectivity index (χ3n) is 1.65. The molecule has 0 aliphatic rings. The van der Waals surface area contributed by atoms with Gasteiger partial charge in [0, 0.05) is 31.2 Å². The Labute approximate surface area is 88.5 Å². The zero-order chi connectivity index (χ0) is 10.6. The van der Waals surface area contributed by atoms with E-state index in [1.165, 1.54) is 0 Å². The molecule has 0 aromatic rings. The molecule has 13 heavy (non-hydrogen) atoms. The van der Waals surface area contributed by atoms with E-state index in [0.29, 0.717) is 6.42 Å². The van der Waals surface area contributed by atoms with Crippen LogP contribution in [0.2, 0.25) is 0 Å². The highest BCUT2D eigenvalue weighted by Gasteiger charge is 2.19. The number of hydrogen-bond donors (Lipinski definition) is 0. The summed E-state index contributed by atoms with van der Waals surface area (Å²) in [7, 11) is 2.83. The summed E-state index contributed by atoms with van der Waals surface area (Å²) in [6.45, 7) is 5.74. The van der Waals surface area contributed by atoms with Crippen molar-refractivity contribution in [2.24, 2.45) is 0 Å². The Morgan fingerprint density at radius 2 is 2.08 bits per heavy atom. The Morgan fingerprint density at radius 3 is 2.31 bits per heavy atom. The Kier molecular flexibility index (Phi) is 5.40. The molecule has 0 bridgehead atoms. The second-order valence-corrected chi connectivity index (χ2v) is 5.37. The number of allylic oxidation sites excluding steroid dienone is 1. The van der Waals surface area contributed by atoms with E-state index in [1.807, 2.05) is 25.9 Å². The molecule has 2 nitrogen and oxygen atoms in total. The molecule has 0 saturated heterocycles. The first-order valence-electron chi connectivity index (χ1n) is 4.04. The molecule has 0 aliphatic carbocycles. The molecule has 1 unspecified atom stereocenters. The lowest BCUT2D eigenvalue weighted by atomic mass is 10.2. The average Bonchev–Trinajstić information content (AvgIpc) is 1.97. The predicted molar refractivity (Wildman–Crippen MR) is 63.6 cm³/mol. The van der Waals surface area contributed by atoms with Gasteiger partial charge in [-0.1, -0.05) is 17.8 Å². The summed E-state index contributed by atoms with van der Waals surface area (Å²) in [6.07, 6.45) is 2.39. The molecular formula is C9H17NOS2. The molecule has 4 heteroatoms. The quantitative estimate of drug-likeness (QED) is 0.529. The Morgan fingerprint density at radius 1 is 1.62 bits per heavy atom. The maximum Gasteiger partial charge on any atom is 0.0935 e. The molecule has 0 heterocycles. The van der Waals surface area contributed by atoms with Crippen LogP contribution in [-0.4, -0.2) is 39.7 Å². The molecule has 0 amide bonds. The minimum Gasteiger partial charge on any atom is -0.371 e. The van der Waals surface area contributed by atoms with Crippen LogP contribution in [0.1, 0.15) is 13.3 Å². The van der Waals surface area contributed by atoms with Crippen LogP contribution in [0.3, 0.4) is 0 Å². The van der Waals surface area contributed by atoms with Crippen LogP contribution in [0.4, 0.5) is 0 Å². The van der Waals surface area contributed by atoms with Gasteiger partial charge in [0.15, 0.2) is 0 Å². The van der Waals surface area contributed by atoms with E-state index in [-0.39, 0.29) is 5.25 Å². The first-order valence-corrected chi connectivity index (χ1v) is 6.07. The van der Waals surface area contributed by atoms with Gasteiger partial charge in [0.25, 0.3) is 0 Å².